The number of fused-ring (bicyclic) bond motifs is 1. The molecule has 68 valence electrons. The first-order chi connectivity index (χ1) is 6.33. The number of carbonyl (C=O) groups is 1. The van der Waals surface area contributed by atoms with Crippen molar-refractivity contribution >= 4 is 12.0 Å². The number of anilines is 1. The van der Waals surface area contributed by atoms with Crippen molar-refractivity contribution in [2.24, 2.45) is 0 Å². The molecule has 0 fully saturated rings. The zero-order valence-corrected chi connectivity index (χ0v) is 7.09. The maximum absolute atomic E-state index is 13.2. The molecular formula is C10H10FNO. The van der Waals surface area contributed by atoms with Gasteiger partial charge in [0.25, 0.3) is 0 Å². The predicted molar refractivity (Wildman–Crippen MR) is 48.3 cm³/mol. The van der Waals surface area contributed by atoms with Crippen molar-refractivity contribution in [3.05, 3.63) is 29.6 Å². The van der Waals surface area contributed by atoms with Gasteiger partial charge in [-0.15, -0.1) is 0 Å². The van der Waals surface area contributed by atoms with Crippen LogP contribution in [0.5, 0.6) is 0 Å². The minimum absolute atomic E-state index is 0.142. The topological polar surface area (TPSA) is 29.1 Å². The number of rotatable bonds is 2. The predicted octanol–water partition coefficient (Wildman–Crippen LogP) is 1.92. The summed E-state index contributed by atoms with van der Waals surface area (Å²) in [6, 6.07) is 4.97. The lowest BCUT2D eigenvalue weighted by Gasteiger charge is -2.04. The number of para-hydroxylation sites is 1. The molecule has 1 aliphatic rings. The summed E-state index contributed by atoms with van der Waals surface area (Å²) in [6.07, 6.45) is 1.34. The van der Waals surface area contributed by atoms with Gasteiger partial charge in [0.05, 0.1) is 5.69 Å². The molecule has 0 spiro atoms. The third-order valence-corrected chi connectivity index (χ3v) is 2.39. The maximum atomic E-state index is 13.2. The quantitative estimate of drug-likeness (QED) is 0.703. The average Bonchev–Trinajstić information content (AvgIpc) is 2.51. The molecule has 1 heterocycles. The average molecular weight is 179 g/mol. The highest BCUT2D eigenvalue weighted by Gasteiger charge is 2.23. The fourth-order valence-corrected chi connectivity index (χ4v) is 1.73. The molecule has 2 rings (SSSR count). The molecular weight excluding hydrogens is 169 g/mol. The standard InChI is InChI=1S/C10H10FNO/c11-9-3-1-2-8-7(4-5-13)6-12-10(8)9/h1-3,5,7,12H,4,6H2. The third-order valence-electron chi connectivity index (χ3n) is 2.39. The van der Waals surface area contributed by atoms with Crippen LogP contribution < -0.4 is 5.32 Å². The Labute approximate surface area is 75.8 Å². The van der Waals surface area contributed by atoms with Crippen molar-refractivity contribution in [3.8, 4) is 0 Å². The second kappa shape index (κ2) is 3.17. The van der Waals surface area contributed by atoms with E-state index in [-0.39, 0.29) is 11.7 Å². The number of benzene rings is 1. The van der Waals surface area contributed by atoms with Crippen LogP contribution in [0.1, 0.15) is 17.9 Å². The molecule has 2 nitrogen and oxygen atoms in total. The number of nitrogens with one attached hydrogen (secondary N) is 1. The normalized spacial score (nSPS) is 19.3. The highest BCUT2D eigenvalue weighted by molar-refractivity contribution is 5.62. The van der Waals surface area contributed by atoms with Crippen LogP contribution in [-0.4, -0.2) is 12.8 Å². The van der Waals surface area contributed by atoms with Crippen LogP contribution in [0.2, 0.25) is 0 Å². The van der Waals surface area contributed by atoms with Crippen LogP contribution in [-0.2, 0) is 4.79 Å². The third kappa shape index (κ3) is 1.30. The lowest BCUT2D eigenvalue weighted by Crippen LogP contribution is -2.01. The monoisotopic (exact) mass is 179 g/mol. The lowest BCUT2D eigenvalue weighted by molar-refractivity contribution is -0.108. The van der Waals surface area contributed by atoms with E-state index in [1.807, 2.05) is 6.07 Å². The van der Waals surface area contributed by atoms with E-state index < -0.39 is 0 Å². The number of carbonyl (C=O) groups excluding carboxylic acids is 1. The molecule has 3 heteroatoms. The number of hydrogen-bond acceptors (Lipinski definition) is 2. The van der Waals surface area contributed by atoms with Gasteiger partial charge in [-0.25, -0.2) is 4.39 Å². The van der Waals surface area contributed by atoms with Gasteiger partial charge in [0.2, 0.25) is 0 Å². The second-order valence-electron chi connectivity index (χ2n) is 3.18. The first-order valence-electron chi connectivity index (χ1n) is 4.29. The minimum Gasteiger partial charge on any atom is -0.382 e. The van der Waals surface area contributed by atoms with Crippen LogP contribution in [0.3, 0.4) is 0 Å². The van der Waals surface area contributed by atoms with E-state index in [1.165, 1.54) is 6.07 Å². The van der Waals surface area contributed by atoms with Crippen molar-refractivity contribution in [3.63, 3.8) is 0 Å². The first kappa shape index (κ1) is 8.23. The largest absolute Gasteiger partial charge is 0.382 e. The maximum Gasteiger partial charge on any atom is 0.146 e. The SMILES string of the molecule is O=CCC1CNc2c(F)cccc21. The molecule has 1 atom stereocenters. The summed E-state index contributed by atoms with van der Waals surface area (Å²) in [7, 11) is 0. The van der Waals surface area contributed by atoms with Gasteiger partial charge >= 0.3 is 0 Å². The molecule has 0 aromatic heterocycles. The molecule has 0 amide bonds. The van der Waals surface area contributed by atoms with Crippen LogP contribution >= 0.6 is 0 Å². The summed E-state index contributed by atoms with van der Waals surface area (Å²) in [5, 5.41) is 2.97. The molecule has 1 unspecified atom stereocenters. The zero-order chi connectivity index (χ0) is 9.26. The van der Waals surface area contributed by atoms with Gasteiger partial charge < -0.3 is 10.1 Å². The van der Waals surface area contributed by atoms with Crippen molar-refractivity contribution < 1.29 is 9.18 Å². The van der Waals surface area contributed by atoms with Crippen LogP contribution in [0, 0.1) is 5.82 Å². The van der Waals surface area contributed by atoms with Crippen molar-refractivity contribution in [1.29, 1.82) is 0 Å². The minimum atomic E-state index is -0.231. The van der Waals surface area contributed by atoms with Crippen molar-refractivity contribution in [1.82, 2.24) is 0 Å². The van der Waals surface area contributed by atoms with Crippen molar-refractivity contribution in [2.45, 2.75) is 12.3 Å². The second-order valence-corrected chi connectivity index (χ2v) is 3.18. The van der Waals surface area contributed by atoms with Gasteiger partial charge in [-0.1, -0.05) is 12.1 Å². The van der Waals surface area contributed by atoms with E-state index in [2.05, 4.69) is 5.32 Å². The summed E-state index contributed by atoms with van der Waals surface area (Å²) in [5.74, 6) is -0.0888. The smallest absolute Gasteiger partial charge is 0.146 e. The first-order valence-corrected chi connectivity index (χ1v) is 4.29. The summed E-state index contributed by atoms with van der Waals surface area (Å²) in [4.78, 5) is 10.3. The summed E-state index contributed by atoms with van der Waals surface area (Å²) >= 11 is 0. The van der Waals surface area contributed by atoms with E-state index in [0.29, 0.717) is 18.7 Å². The molecule has 0 radical (unpaired) electrons. The Balaban J connectivity index is 2.37. The molecule has 1 aromatic rings. The van der Waals surface area contributed by atoms with E-state index >= 15 is 0 Å². The fourth-order valence-electron chi connectivity index (χ4n) is 1.73. The Morgan fingerprint density at radius 3 is 3.23 bits per heavy atom. The zero-order valence-electron chi connectivity index (χ0n) is 7.09. The Bertz CT molecular complexity index is 338. The molecule has 1 aromatic carbocycles. The van der Waals surface area contributed by atoms with Crippen LogP contribution in [0.4, 0.5) is 10.1 Å². The Morgan fingerprint density at radius 2 is 2.46 bits per heavy atom. The van der Waals surface area contributed by atoms with E-state index in [9.17, 15) is 9.18 Å². The van der Waals surface area contributed by atoms with Crippen LogP contribution in [0.15, 0.2) is 18.2 Å². The highest BCUT2D eigenvalue weighted by atomic mass is 19.1. The van der Waals surface area contributed by atoms with Gasteiger partial charge in [-0.2, -0.15) is 0 Å². The molecule has 1 aliphatic heterocycles. The molecule has 0 saturated carbocycles. The van der Waals surface area contributed by atoms with Gasteiger partial charge in [-0.3, -0.25) is 0 Å². The number of aldehydes is 1. The van der Waals surface area contributed by atoms with Gasteiger partial charge in [0, 0.05) is 18.9 Å². The van der Waals surface area contributed by atoms with Gasteiger partial charge in [0.1, 0.15) is 12.1 Å². The van der Waals surface area contributed by atoms with Crippen LogP contribution in [0.25, 0.3) is 0 Å². The molecule has 0 saturated heterocycles. The number of halogens is 1. The van der Waals surface area contributed by atoms with E-state index in [0.717, 1.165) is 11.8 Å². The highest BCUT2D eigenvalue weighted by Crippen LogP contribution is 2.34. The fraction of sp³-hybridized carbons (Fsp3) is 0.300. The van der Waals surface area contributed by atoms with E-state index in [4.69, 9.17) is 0 Å². The molecule has 0 bridgehead atoms. The number of hydrogen-bond donors (Lipinski definition) is 1. The van der Waals surface area contributed by atoms with Crippen molar-refractivity contribution in [2.75, 3.05) is 11.9 Å². The lowest BCUT2D eigenvalue weighted by atomic mass is 9.99. The summed E-state index contributed by atoms with van der Waals surface area (Å²) in [5.41, 5.74) is 1.49. The summed E-state index contributed by atoms with van der Waals surface area (Å²) in [6.45, 7) is 0.662. The van der Waals surface area contributed by atoms with Gasteiger partial charge in [0.15, 0.2) is 0 Å². The Morgan fingerprint density at radius 1 is 1.62 bits per heavy atom. The molecule has 13 heavy (non-hydrogen) atoms. The summed E-state index contributed by atoms with van der Waals surface area (Å²) < 4.78 is 13.2. The Kier molecular flexibility index (Phi) is 2.00. The van der Waals surface area contributed by atoms with E-state index in [1.54, 1.807) is 6.07 Å². The molecule has 1 N–H and O–H groups in total. The molecule has 0 aliphatic carbocycles. The van der Waals surface area contributed by atoms with Gasteiger partial charge in [-0.05, 0) is 11.6 Å². The Hall–Kier alpha value is -1.38.